The van der Waals surface area contributed by atoms with Crippen LogP contribution in [0.25, 0.3) is 0 Å². The van der Waals surface area contributed by atoms with E-state index in [0.717, 1.165) is 0 Å². The van der Waals surface area contributed by atoms with Crippen molar-refractivity contribution in [3.05, 3.63) is 37.4 Å². The van der Waals surface area contributed by atoms with Crippen molar-refractivity contribution in [2.75, 3.05) is 0 Å². The van der Waals surface area contributed by atoms with Gasteiger partial charge in [-0.25, -0.2) is 0 Å². The number of rotatable bonds is 1. The summed E-state index contributed by atoms with van der Waals surface area (Å²) in [6, 6.07) is 6.07. The summed E-state index contributed by atoms with van der Waals surface area (Å²) in [5.41, 5.74) is 0.472. The van der Waals surface area contributed by atoms with Gasteiger partial charge in [0.2, 0.25) is 0 Å². The number of nitro benzene ring substituents is 1. The molecule has 0 aliphatic carbocycles. The maximum atomic E-state index is 10.3. The Balaban J connectivity index is 3.21. The Hall–Kier alpha value is -1.16. The molecule has 60 valence electrons. The van der Waals surface area contributed by atoms with Crippen LogP contribution in [0.3, 0.4) is 0 Å². The molecule has 0 heterocycles. The average molecular weight is 274 g/mol. The number of nitriles is 1. The van der Waals surface area contributed by atoms with E-state index >= 15 is 0 Å². The monoisotopic (exact) mass is 274 g/mol. The Bertz CT molecular complexity index is 370. The molecule has 0 aliphatic rings. The summed E-state index contributed by atoms with van der Waals surface area (Å²) in [7, 11) is 0. The minimum atomic E-state index is -0.483. The maximum Gasteiger partial charge on any atom is 0.270 e. The zero-order valence-electron chi connectivity index (χ0n) is 5.82. The number of nitro groups is 1. The van der Waals surface area contributed by atoms with E-state index in [1.807, 2.05) is 28.7 Å². The minimum absolute atomic E-state index is 0.0124. The van der Waals surface area contributed by atoms with Crippen LogP contribution in [0.1, 0.15) is 5.56 Å². The highest BCUT2D eigenvalue weighted by molar-refractivity contribution is 14.1. The second-order valence-corrected chi connectivity index (χ2v) is 3.20. The molecule has 0 atom stereocenters. The second-order valence-electron chi connectivity index (χ2n) is 2.03. The Morgan fingerprint density at radius 1 is 1.58 bits per heavy atom. The third-order valence-electron chi connectivity index (χ3n) is 1.28. The lowest BCUT2D eigenvalue weighted by Gasteiger charge is -1.93. The Morgan fingerprint density at radius 3 is 2.67 bits per heavy atom. The lowest BCUT2D eigenvalue weighted by Crippen LogP contribution is -1.89. The van der Waals surface area contributed by atoms with Crippen molar-refractivity contribution in [3.63, 3.8) is 0 Å². The molecule has 0 unspecified atom stereocenters. The predicted molar refractivity (Wildman–Crippen MR) is 50.5 cm³/mol. The van der Waals surface area contributed by atoms with Crippen molar-refractivity contribution < 1.29 is 4.92 Å². The number of hydrogen-bond acceptors (Lipinski definition) is 3. The summed E-state index contributed by atoms with van der Waals surface area (Å²) in [5.74, 6) is 0. The van der Waals surface area contributed by atoms with Gasteiger partial charge in [0.15, 0.2) is 0 Å². The van der Waals surface area contributed by atoms with Gasteiger partial charge in [0, 0.05) is 15.7 Å². The highest BCUT2D eigenvalue weighted by Gasteiger charge is 2.07. The molecule has 0 bridgehead atoms. The minimum Gasteiger partial charge on any atom is -0.258 e. The van der Waals surface area contributed by atoms with E-state index in [1.54, 1.807) is 0 Å². The van der Waals surface area contributed by atoms with Crippen molar-refractivity contribution in [3.8, 4) is 6.07 Å². The third kappa shape index (κ3) is 1.71. The number of non-ortho nitro benzene ring substituents is 1. The fourth-order valence-electron chi connectivity index (χ4n) is 0.708. The number of hydrogen-bond donors (Lipinski definition) is 0. The van der Waals surface area contributed by atoms with Gasteiger partial charge in [0.05, 0.1) is 10.5 Å². The van der Waals surface area contributed by atoms with E-state index in [9.17, 15) is 10.1 Å². The van der Waals surface area contributed by atoms with E-state index in [1.165, 1.54) is 18.2 Å². The van der Waals surface area contributed by atoms with Crippen LogP contribution in [0.2, 0.25) is 0 Å². The van der Waals surface area contributed by atoms with Crippen molar-refractivity contribution in [2.45, 2.75) is 0 Å². The van der Waals surface area contributed by atoms with Crippen molar-refractivity contribution in [1.82, 2.24) is 0 Å². The van der Waals surface area contributed by atoms with Crippen LogP contribution in [0.4, 0.5) is 5.69 Å². The molecule has 0 N–H and O–H groups in total. The molecular formula is C7H3IN2O2. The van der Waals surface area contributed by atoms with Crippen molar-refractivity contribution >= 4 is 28.3 Å². The third-order valence-corrected chi connectivity index (χ3v) is 2.18. The molecule has 0 radical (unpaired) electrons. The zero-order chi connectivity index (χ0) is 9.14. The lowest BCUT2D eigenvalue weighted by molar-refractivity contribution is -0.384. The van der Waals surface area contributed by atoms with Gasteiger partial charge in [-0.2, -0.15) is 5.26 Å². The van der Waals surface area contributed by atoms with Crippen LogP contribution in [-0.2, 0) is 0 Å². The standard InChI is InChI=1S/C7H3IN2O2/c8-7-3-6(10(11)12)2-1-5(7)4-9/h1-3H. The number of nitrogens with zero attached hydrogens (tertiary/aromatic N) is 2. The molecule has 0 saturated heterocycles. The second kappa shape index (κ2) is 3.49. The van der Waals surface area contributed by atoms with Crippen LogP contribution in [0, 0.1) is 25.0 Å². The fourth-order valence-corrected chi connectivity index (χ4v) is 1.33. The SMILES string of the molecule is N#Cc1ccc([N+](=O)[O-])cc1I. The molecule has 0 aliphatic heterocycles. The van der Waals surface area contributed by atoms with Gasteiger partial charge in [-0.3, -0.25) is 10.1 Å². The first kappa shape index (κ1) is 8.93. The molecule has 1 rings (SSSR count). The zero-order valence-corrected chi connectivity index (χ0v) is 7.98. The summed E-state index contributed by atoms with van der Waals surface area (Å²) >= 11 is 1.89. The van der Waals surface area contributed by atoms with Crippen LogP contribution < -0.4 is 0 Å². The first-order valence-electron chi connectivity index (χ1n) is 2.99. The van der Waals surface area contributed by atoms with Crippen molar-refractivity contribution in [2.24, 2.45) is 0 Å². The molecule has 5 heteroatoms. The predicted octanol–water partition coefficient (Wildman–Crippen LogP) is 2.07. The van der Waals surface area contributed by atoms with Crippen LogP contribution in [0.15, 0.2) is 18.2 Å². The quantitative estimate of drug-likeness (QED) is 0.447. The van der Waals surface area contributed by atoms with Gasteiger partial charge in [-0.05, 0) is 28.7 Å². The summed E-state index contributed by atoms with van der Waals surface area (Å²) in [4.78, 5) is 9.79. The van der Waals surface area contributed by atoms with E-state index in [0.29, 0.717) is 9.13 Å². The van der Waals surface area contributed by atoms with E-state index in [4.69, 9.17) is 5.26 Å². The van der Waals surface area contributed by atoms with Crippen molar-refractivity contribution in [1.29, 1.82) is 5.26 Å². The molecule has 0 fully saturated rings. The van der Waals surface area contributed by atoms with Gasteiger partial charge in [0.25, 0.3) is 5.69 Å². The normalized spacial score (nSPS) is 9.00. The molecule has 0 aromatic heterocycles. The fraction of sp³-hybridized carbons (Fsp3) is 0. The molecule has 12 heavy (non-hydrogen) atoms. The van der Waals surface area contributed by atoms with Gasteiger partial charge < -0.3 is 0 Å². The van der Waals surface area contributed by atoms with Crippen LogP contribution >= 0.6 is 22.6 Å². The Morgan fingerprint density at radius 2 is 2.25 bits per heavy atom. The molecule has 0 spiro atoms. The highest BCUT2D eigenvalue weighted by atomic mass is 127. The van der Waals surface area contributed by atoms with Crippen LogP contribution in [0.5, 0.6) is 0 Å². The number of halogens is 1. The number of benzene rings is 1. The largest absolute Gasteiger partial charge is 0.270 e. The lowest BCUT2D eigenvalue weighted by atomic mass is 10.2. The molecule has 1 aromatic rings. The van der Waals surface area contributed by atoms with Crippen LogP contribution in [-0.4, -0.2) is 4.92 Å². The summed E-state index contributed by atoms with van der Waals surface area (Å²) in [6.45, 7) is 0. The maximum absolute atomic E-state index is 10.3. The summed E-state index contributed by atoms with van der Waals surface area (Å²) in [5, 5.41) is 18.8. The summed E-state index contributed by atoms with van der Waals surface area (Å²) in [6.07, 6.45) is 0. The Labute approximate surface area is 82.1 Å². The summed E-state index contributed by atoms with van der Waals surface area (Å²) < 4.78 is 0.601. The Kier molecular flexibility index (Phi) is 2.60. The highest BCUT2D eigenvalue weighted by Crippen LogP contribution is 2.18. The van der Waals surface area contributed by atoms with E-state index in [2.05, 4.69) is 0 Å². The van der Waals surface area contributed by atoms with Gasteiger partial charge in [0.1, 0.15) is 6.07 Å². The molecular weight excluding hydrogens is 271 g/mol. The average Bonchev–Trinajstić information content (AvgIpc) is 2.04. The molecule has 0 amide bonds. The first-order chi connectivity index (χ1) is 5.65. The smallest absolute Gasteiger partial charge is 0.258 e. The van der Waals surface area contributed by atoms with Gasteiger partial charge in [-0.1, -0.05) is 0 Å². The molecule has 4 nitrogen and oxygen atoms in total. The topological polar surface area (TPSA) is 66.9 Å². The van der Waals surface area contributed by atoms with Gasteiger partial charge >= 0.3 is 0 Å². The molecule has 1 aromatic carbocycles. The molecule has 0 saturated carbocycles. The van der Waals surface area contributed by atoms with Gasteiger partial charge in [-0.15, -0.1) is 0 Å². The van der Waals surface area contributed by atoms with E-state index < -0.39 is 4.92 Å². The van der Waals surface area contributed by atoms with E-state index in [-0.39, 0.29) is 5.69 Å². The first-order valence-corrected chi connectivity index (χ1v) is 4.07.